The lowest BCUT2D eigenvalue weighted by Gasteiger charge is -2.19. The zero-order valence-electron chi connectivity index (χ0n) is 82.6. The zero-order chi connectivity index (χ0) is 104. The first kappa shape index (κ1) is 98.6. The van der Waals surface area contributed by atoms with E-state index >= 15 is 0 Å². The highest BCUT2D eigenvalue weighted by Crippen LogP contribution is 2.60. The first-order valence-corrected chi connectivity index (χ1v) is 49.3. The Bertz CT molecular complexity index is 8240. The third kappa shape index (κ3) is 18.6. The standard InChI is InChI=1S/2C31H27F2N3O2.C30H25F2N3O2.C29H23F2N3O2/c1-15(2)23-13-28(34)36-16(3)26(23)14-35-31(37)18-5-8-22-25(11-18)30-21-7-4-17(10-24(21)29(22)38-30)20-9-6-19(32)12-27(20)33;1-3-4-17-13-28(34)36-16(2)26(17)15-35-31(37)19-6-9-23-25(12-19)30-22-8-5-18(11-24(22)29(23)38-30)21-10-7-20(32)14-27(21)33;1-3-16-12-27(33)35-15(2)25(16)14-34-30(36)18-5-8-22-24(11-18)29-21-7-4-17(10-23(21)28(22)37-29)20-9-6-19(31)13-26(20)32;1-14-9-26(32)34-15(2)24(14)13-33-29(35)17-4-7-21-23(11-17)28-20-6-3-16(10-22(20)27(21)36-28)19-8-5-18(30)12-25(19)31/h4-13,15,29-30H,14H2,1-3H3,(H2,34,36)(H,35,37);5-14,29-30H,3-4,15H2,1-2H3,(H2,34,36)(H,35,37);4-13,28-29H,3,14H2,1-2H3,(H2,33,35)(H,34,36);3-12,27-28H,13H2,1-2H3,(H2,32,34)(H,33,35)/t2*29-,30-;28-,29-;27-,28-/m1111/s1. The number of pyridine rings is 4. The van der Waals surface area contributed by atoms with Crippen LogP contribution in [0.4, 0.5) is 58.4 Å². The van der Waals surface area contributed by atoms with Crippen LogP contribution in [0.2, 0.25) is 0 Å². The molecule has 8 bridgehead atoms. The molecular weight excluding hydrogens is 1900 g/mol. The maximum Gasteiger partial charge on any atom is 0.251 e. The van der Waals surface area contributed by atoms with E-state index in [1.165, 1.54) is 48.5 Å². The van der Waals surface area contributed by atoms with Crippen LogP contribution in [0.25, 0.3) is 44.5 Å². The molecule has 0 spiro atoms. The number of nitrogens with two attached hydrogens (primary N) is 4. The van der Waals surface area contributed by atoms with Crippen molar-refractivity contribution in [2.24, 2.45) is 0 Å². The summed E-state index contributed by atoms with van der Waals surface area (Å²) in [4.78, 5) is 69.6. The minimum Gasteiger partial charge on any atom is -0.384 e. The van der Waals surface area contributed by atoms with Crippen LogP contribution in [0, 0.1) is 81.2 Å². The third-order valence-corrected chi connectivity index (χ3v) is 29.4. The normalized spacial score (nSPS) is 17.0. The number of carbonyl (C=O) groups excluding carboxylic acids is 4. The molecule has 20 nitrogen and oxygen atoms in total. The van der Waals surface area contributed by atoms with Crippen molar-refractivity contribution >= 4 is 46.9 Å². The summed E-state index contributed by atoms with van der Waals surface area (Å²) in [6.45, 7) is 19.3. The van der Waals surface area contributed by atoms with Gasteiger partial charge in [-0.25, -0.2) is 55.1 Å². The number of carbonyl (C=O) groups is 4. The molecule has 8 aliphatic heterocycles. The molecule has 750 valence electrons. The number of rotatable bonds is 20. The van der Waals surface area contributed by atoms with Gasteiger partial charge >= 0.3 is 0 Å². The average Bonchev–Trinajstić information content (AvgIpc) is 1.58. The van der Waals surface area contributed by atoms with Gasteiger partial charge in [-0.3, -0.25) is 19.2 Å². The maximum absolute atomic E-state index is 14.4. The van der Waals surface area contributed by atoms with Crippen LogP contribution in [0.3, 0.4) is 0 Å². The Hall–Kier alpha value is -16.4. The quantitative estimate of drug-likeness (QED) is 0.0329. The van der Waals surface area contributed by atoms with Gasteiger partial charge in [-0.15, -0.1) is 0 Å². The Balaban J connectivity index is 0.000000116. The van der Waals surface area contributed by atoms with Crippen LogP contribution >= 0.6 is 0 Å². The van der Waals surface area contributed by atoms with Crippen molar-refractivity contribution < 1.29 is 73.2 Å². The van der Waals surface area contributed by atoms with E-state index in [1.54, 1.807) is 24.3 Å². The number of ether oxygens (including phenoxy) is 4. The van der Waals surface area contributed by atoms with Crippen LogP contribution in [-0.4, -0.2) is 43.6 Å². The smallest absolute Gasteiger partial charge is 0.251 e. The predicted molar refractivity (Wildman–Crippen MR) is 552 cm³/mol. The zero-order valence-corrected chi connectivity index (χ0v) is 82.6. The summed E-state index contributed by atoms with van der Waals surface area (Å²) in [6.07, 6.45) is 0.339. The minimum absolute atomic E-state index is 0.170. The summed E-state index contributed by atoms with van der Waals surface area (Å²) >= 11 is 0. The van der Waals surface area contributed by atoms with Gasteiger partial charge in [-0.1, -0.05) is 107 Å². The van der Waals surface area contributed by atoms with Gasteiger partial charge in [0.1, 0.15) is 119 Å². The molecule has 4 amide bonds. The number of nitrogens with one attached hydrogen (secondary N) is 4. The lowest BCUT2D eigenvalue weighted by molar-refractivity contribution is 0.0856. The summed E-state index contributed by atoms with van der Waals surface area (Å²) in [5.74, 6) is -3.38. The number of amides is 4. The molecular formula is C121H102F8N12O8. The topological polar surface area (TPSA) is 309 Å². The van der Waals surface area contributed by atoms with Gasteiger partial charge < -0.3 is 63.1 Å². The Morgan fingerprint density at radius 1 is 0.289 bits per heavy atom. The second kappa shape index (κ2) is 39.8. The van der Waals surface area contributed by atoms with Crippen LogP contribution in [-0.2, 0) is 58.0 Å². The summed E-state index contributed by atoms with van der Waals surface area (Å²) in [5.41, 5.74) is 56.9. The number of nitrogen functional groups attached to an aromatic ring is 4. The summed E-state index contributed by atoms with van der Waals surface area (Å²) in [7, 11) is 0. The number of fused-ring (bicyclic) bond motifs is 32. The minimum atomic E-state index is -0.607. The Kier molecular flexibility index (Phi) is 26.3. The van der Waals surface area contributed by atoms with Crippen LogP contribution in [0.5, 0.6) is 0 Å². The van der Waals surface area contributed by atoms with Gasteiger partial charge in [0.15, 0.2) is 0 Å². The van der Waals surface area contributed by atoms with E-state index in [0.29, 0.717) is 116 Å². The van der Waals surface area contributed by atoms with E-state index in [1.807, 2.05) is 187 Å². The van der Waals surface area contributed by atoms with Crippen molar-refractivity contribution in [2.45, 2.75) is 163 Å². The molecule has 16 aromatic rings. The van der Waals surface area contributed by atoms with Gasteiger partial charge in [0.2, 0.25) is 0 Å². The molecule has 149 heavy (non-hydrogen) atoms. The maximum atomic E-state index is 14.4. The van der Waals surface area contributed by atoms with E-state index in [-0.39, 0.29) is 78.4 Å². The van der Waals surface area contributed by atoms with Crippen molar-refractivity contribution in [1.82, 2.24) is 41.2 Å². The molecule has 12 heterocycles. The molecule has 0 radical (unpaired) electrons. The molecule has 0 aliphatic carbocycles. The van der Waals surface area contributed by atoms with Gasteiger partial charge in [-0.2, -0.15) is 0 Å². The number of aryl methyl sites for hydroxylation is 7. The van der Waals surface area contributed by atoms with Crippen molar-refractivity contribution in [2.75, 3.05) is 22.9 Å². The monoisotopic (exact) mass is 2000 g/mol. The molecule has 28 heteroatoms. The fraction of sp³-hybridized carbons (Fsp3) is 0.207. The molecule has 8 aliphatic rings. The lowest BCUT2D eigenvalue weighted by atomic mass is 9.83. The molecule has 0 unspecified atom stereocenters. The van der Waals surface area contributed by atoms with Crippen molar-refractivity contribution in [3.63, 3.8) is 0 Å². The van der Waals surface area contributed by atoms with E-state index < -0.39 is 46.5 Å². The summed E-state index contributed by atoms with van der Waals surface area (Å²) in [6, 6.07) is 66.9. The van der Waals surface area contributed by atoms with E-state index in [0.717, 1.165) is 200 Å². The molecule has 0 saturated carbocycles. The SMILES string of the molecule is CCCc1cc(N)nc(C)c1CNC(=O)c1ccc2c(c1)[C@@H]1O[C@H]2c2cc(-c3ccc(F)cc3F)ccc21.CCc1cc(N)nc(C)c1CNC(=O)c1ccc2c(c1)[C@@H]1O[C@H]2c2cc(-c3ccc(F)cc3F)ccc21.Cc1cc(N)nc(C)c1CNC(=O)c1ccc2c(c1)[C@@H]1O[C@H]2c2cc(-c3ccc(F)cc3F)ccc21.Cc1nc(N)cc(C(C)C)c1CNC(=O)c1ccc2c(c1)[C@@H]1O[C@H]2c2cc(-c3ccc(F)cc3F)ccc21. The summed E-state index contributed by atoms with van der Waals surface area (Å²) < 4.78 is 136. The molecule has 8 atom stereocenters. The number of benzene rings is 12. The van der Waals surface area contributed by atoms with Crippen molar-refractivity contribution in [1.29, 1.82) is 0 Å². The highest BCUT2D eigenvalue weighted by molar-refractivity contribution is 5.97. The molecule has 12 N–H and O–H groups in total. The van der Waals surface area contributed by atoms with E-state index in [4.69, 9.17) is 41.9 Å². The van der Waals surface area contributed by atoms with Gasteiger partial charge in [0.25, 0.3) is 23.6 Å². The fourth-order valence-electron chi connectivity index (χ4n) is 22.1. The predicted octanol–water partition coefficient (Wildman–Crippen LogP) is 24.4. The van der Waals surface area contributed by atoms with Gasteiger partial charge in [0, 0.05) is 118 Å². The van der Waals surface area contributed by atoms with Crippen LogP contribution < -0.4 is 44.2 Å². The van der Waals surface area contributed by atoms with Crippen LogP contribution in [0.1, 0.15) is 287 Å². The largest absolute Gasteiger partial charge is 0.384 e. The van der Waals surface area contributed by atoms with Gasteiger partial charge in [-0.05, 0) is 355 Å². The number of hydrogen-bond donors (Lipinski definition) is 8. The molecule has 12 aromatic carbocycles. The highest BCUT2D eigenvalue weighted by Gasteiger charge is 2.48. The number of halogens is 8. The average molecular weight is 2000 g/mol. The second-order valence-electron chi connectivity index (χ2n) is 39.0. The molecule has 0 fully saturated rings. The number of anilines is 4. The number of aromatic nitrogens is 4. The van der Waals surface area contributed by atoms with Gasteiger partial charge in [0.05, 0.1) is 0 Å². The number of hydrogen-bond acceptors (Lipinski definition) is 16. The lowest BCUT2D eigenvalue weighted by Crippen LogP contribution is -2.25. The van der Waals surface area contributed by atoms with E-state index in [2.05, 4.69) is 62.0 Å². The molecule has 24 rings (SSSR count). The van der Waals surface area contributed by atoms with Crippen LogP contribution in [0.15, 0.2) is 243 Å². The first-order chi connectivity index (χ1) is 71.7. The summed E-state index contributed by atoms with van der Waals surface area (Å²) in [5, 5.41) is 12.1. The fourth-order valence-corrected chi connectivity index (χ4v) is 22.1. The second-order valence-corrected chi connectivity index (χ2v) is 39.0. The Morgan fingerprint density at radius 3 is 0.819 bits per heavy atom. The third-order valence-electron chi connectivity index (χ3n) is 29.4. The molecule has 4 aromatic heterocycles. The van der Waals surface area contributed by atoms with Crippen molar-refractivity contribution in [3.8, 4) is 44.5 Å². The highest BCUT2D eigenvalue weighted by atomic mass is 19.2. The van der Waals surface area contributed by atoms with E-state index in [9.17, 15) is 54.3 Å². The first-order valence-electron chi connectivity index (χ1n) is 49.3. The Morgan fingerprint density at radius 2 is 0.537 bits per heavy atom. The van der Waals surface area contributed by atoms with Crippen molar-refractivity contribution in [3.05, 3.63) is 468 Å². The molecule has 0 saturated heterocycles. The Labute approximate surface area is 854 Å². The number of nitrogens with zero attached hydrogens (tertiary/aromatic N) is 4.